The highest BCUT2D eigenvalue weighted by atomic mass is 35.5. The van der Waals surface area contributed by atoms with Gasteiger partial charge in [0, 0.05) is 10.6 Å². The zero-order valence-corrected chi connectivity index (χ0v) is 15.1. The van der Waals surface area contributed by atoms with Crippen LogP contribution in [0.1, 0.15) is 62.6 Å². The molecule has 0 aliphatic carbocycles. The lowest BCUT2D eigenvalue weighted by Crippen LogP contribution is -2.26. The van der Waals surface area contributed by atoms with Crippen LogP contribution in [0.15, 0.2) is 6.07 Å². The average Bonchev–Trinajstić information content (AvgIpc) is 2.49. The number of aliphatic hydroxyl groups excluding tert-OH is 2. The Morgan fingerprint density at radius 1 is 1.18 bits per heavy atom. The molecular weight excluding hydrogens is 300 g/mol. The van der Waals surface area contributed by atoms with Crippen LogP contribution in [0, 0.1) is 13.8 Å². The SMILES string of the molecule is CCCOc1cc(C)c(Cl)c(C)c1C(C)CC(O)C(O)CC. The molecule has 2 N–H and O–H groups in total. The summed E-state index contributed by atoms with van der Waals surface area (Å²) in [5, 5.41) is 20.6. The van der Waals surface area contributed by atoms with E-state index in [0.717, 1.165) is 33.9 Å². The molecule has 3 unspecified atom stereocenters. The van der Waals surface area contributed by atoms with Crippen molar-refractivity contribution in [1.29, 1.82) is 0 Å². The number of rotatable bonds is 8. The Labute approximate surface area is 139 Å². The van der Waals surface area contributed by atoms with E-state index in [1.165, 1.54) is 0 Å². The molecule has 0 fully saturated rings. The Balaban J connectivity index is 3.11. The lowest BCUT2D eigenvalue weighted by atomic mass is 9.88. The molecule has 0 saturated heterocycles. The predicted octanol–water partition coefficient (Wildman–Crippen LogP) is 4.37. The van der Waals surface area contributed by atoms with Crippen molar-refractivity contribution in [3.05, 3.63) is 27.8 Å². The van der Waals surface area contributed by atoms with Gasteiger partial charge < -0.3 is 14.9 Å². The standard InChI is InChI=1S/C18H29ClO3/c1-6-8-22-16-10-12(4)18(19)13(5)17(16)11(3)9-15(21)14(20)7-2/h10-11,14-15,20-21H,6-9H2,1-5H3. The van der Waals surface area contributed by atoms with Crippen LogP contribution < -0.4 is 4.74 Å². The Bertz CT molecular complexity index is 488. The third-order valence-corrected chi connectivity index (χ3v) is 4.69. The number of hydrogen-bond donors (Lipinski definition) is 2. The van der Waals surface area contributed by atoms with Crippen molar-refractivity contribution < 1.29 is 14.9 Å². The Morgan fingerprint density at radius 3 is 2.36 bits per heavy atom. The molecule has 0 bridgehead atoms. The number of ether oxygens (including phenoxy) is 1. The van der Waals surface area contributed by atoms with E-state index in [0.29, 0.717) is 19.4 Å². The van der Waals surface area contributed by atoms with Crippen molar-refractivity contribution in [2.45, 2.75) is 72.0 Å². The fourth-order valence-corrected chi connectivity index (χ4v) is 2.95. The minimum atomic E-state index is -0.737. The second-order valence-electron chi connectivity index (χ2n) is 6.07. The third-order valence-electron chi connectivity index (χ3n) is 4.10. The Kier molecular flexibility index (Phi) is 7.67. The van der Waals surface area contributed by atoms with Crippen LogP contribution in [-0.2, 0) is 0 Å². The molecule has 22 heavy (non-hydrogen) atoms. The number of benzene rings is 1. The van der Waals surface area contributed by atoms with Gasteiger partial charge in [-0.1, -0.05) is 32.4 Å². The van der Waals surface area contributed by atoms with Crippen LogP contribution in [0.3, 0.4) is 0 Å². The highest BCUT2D eigenvalue weighted by molar-refractivity contribution is 6.32. The zero-order valence-electron chi connectivity index (χ0n) is 14.3. The Morgan fingerprint density at radius 2 is 1.82 bits per heavy atom. The molecule has 1 aromatic carbocycles. The van der Waals surface area contributed by atoms with Crippen molar-refractivity contribution in [3.8, 4) is 5.75 Å². The van der Waals surface area contributed by atoms with Crippen LogP contribution >= 0.6 is 11.6 Å². The molecular formula is C18H29ClO3. The van der Waals surface area contributed by atoms with Gasteiger partial charge in [0.2, 0.25) is 0 Å². The van der Waals surface area contributed by atoms with Gasteiger partial charge in [-0.2, -0.15) is 0 Å². The third kappa shape index (κ3) is 4.61. The van der Waals surface area contributed by atoms with E-state index in [9.17, 15) is 10.2 Å². The minimum Gasteiger partial charge on any atom is -0.493 e. The van der Waals surface area contributed by atoms with Crippen molar-refractivity contribution in [2.75, 3.05) is 6.61 Å². The van der Waals surface area contributed by atoms with Crippen LogP contribution in [0.25, 0.3) is 0 Å². The second kappa shape index (κ2) is 8.76. The minimum absolute atomic E-state index is 0.0566. The largest absolute Gasteiger partial charge is 0.493 e. The van der Waals surface area contributed by atoms with Gasteiger partial charge in [0.05, 0.1) is 18.8 Å². The van der Waals surface area contributed by atoms with E-state index in [2.05, 4.69) is 6.92 Å². The van der Waals surface area contributed by atoms with Gasteiger partial charge in [0.1, 0.15) is 5.75 Å². The first kappa shape index (κ1) is 19.3. The van der Waals surface area contributed by atoms with Crippen LogP contribution in [-0.4, -0.2) is 29.0 Å². The number of halogens is 1. The Hall–Kier alpha value is -0.770. The molecule has 0 amide bonds. The highest BCUT2D eigenvalue weighted by Crippen LogP contribution is 2.38. The van der Waals surface area contributed by atoms with E-state index in [1.54, 1.807) is 0 Å². The molecule has 0 aliphatic heterocycles. The van der Waals surface area contributed by atoms with Gasteiger partial charge >= 0.3 is 0 Å². The molecule has 1 rings (SSSR count). The first-order valence-electron chi connectivity index (χ1n) is 8.11. The van der Waals surface area contributed by atoms with Gasteiger partial charge in [-0.3, -0.25) is 0 Å². The summed E-state index contributed by atoms with van der Waals surface area (Å²) in [5.41, 5.74) is 3.03. The summed E-state index contributed by atoms with van der Waals surface area (Å²) < 4.78 is 5.89. The highest BCUT2D eigenvalue weighted by Gasteiger charge is 2.23. The van der Waals surface area contributed by atoms with Crippen molar-refractivity contribution >= 4 is 11.6 Å². The topological polar surface area (TPSA) is 49.7 Å². The molecule has 0 radical (unpaired) electrons. The zero-order chi connectivity index (χ0) is 16.9. The maximum atomic E-state index is 10.1. The monoisotopic (exact) mass is 328 g/mol. The van der Waals surface area contributed by atoms with Gasteiger partial charge in [-0.25, -0.2) is 0 Å². The smallest absolute Gasteiger partial charge is 0.123 e. The summed E-state index contributed by atoms with van der Waals surface area (Å²) in [5.74, 6) is 0.896. The van der Waals surface area contributed by atoms with Crippen molar-refractivity contribution in [1.82, 2.24) is 0 Å². The quantitative estimate of drug-likeness (QED) is 0.745. The van der Waals surface area contributed by atoms with Gasteiger partial charge in [-0.05, 0) is 56.2 Å². The van der Waals surface area contributed by atoms with Crippen molar-refractivity contribution in [2.24, 2.45) is 0 Å². The molecule has 0 saturated carbocycles. The van der Waals surface area contributed by atoms with E-state index < -0.39 is 12.2 Å². The summed E-state index contributed by atoms with van der Waals surface area (Å²) in [7, 11) is 0. The average molecular weight is 329 g/mol. The first-order valence-corrected chi connectivity index (χ1v) is 8.49. The van der Waals surface area contributed by atoms with Crippen molar-refractivity contribution in [3.63, 3.8) is 0 Å². The molecule has 3 atom stereocenters. The maximum absolute atomic E-state index is 10.1. The predicted molar refractivity (Wildman–Crippen MR) is 92.0 cm³/mol. The molecule has 126 valence electrons. The molecule has 4 heteroatoms. The molecule has 0 heterocycles. The van der Waals surface area contributed by atoms with E-state index in [1.807, 2.05) is 33.8 Å². The molecule has 3 nitrogen and oxygen atoms in total. The maximum Gasteiger partial charge on any atom is 0.123 e. The molecule has 0 aliphatic rings. The van der Waals surface area contributed by atoms with Crippen LogP contribution in [0.4, 0.5) is 0 Å². The summed E-state index contributed by atoms with van der Waals surface area (Å²) in [4.78, 5) is 0. The number of hydrogen-bond acceptors (Lipinski definition) is 3. The molecule has 0 aromatic heterocycles. The fourth-order valence-electron chi connectivity index (χ4n) is 2.79. The second-order valence-corrected chi connectivity index (χ2v) is 6.45. The van der Waals surface area contributed by atoms with Crippen LogP contribution in [0.2, 0.25) is 5.02 Å². The molecule has 0 spiro atoms. The van der Waals surface area contributed by atoms with E-state index in [4.69, 9.17) is 16.3 Å². The van der Waals surface area contributed by atoms with Gasteiger partial charge in [0.25, 0.3) is 0 Å². The number of aryl methyl sites for hydroxylation is 1. The lowest BCUT2D eigenvalue weighted by molar-refractivity contribution is 0.00938. The summed E-state index contributed by atoms with van der Waals surface area (Å²) in [6.07, 6.45) is 0.534. The fraction of sp³-hybridized carbons (Fsp3) is 0.667. The summed E-state index contributed by atoms with van der Waals surface area (Å²) in [6, 6.07) is 1.97. The van der Waals surface area contributed by atoms with E-state index in [-0.39, 0.29) is 5.92 Å². The number of aliphatic hydroxyl groups is 2. The van der Waals surface area contributed by atoms with Crippen LogP contribution in [0.5, 0.6) is 5.75 Å². The first-order chi connectivity index (χ1) is 10.3. The van der Waals surface area contributed by atoms with E-state index >= 15 is 0 Å². The summed E-state index contributed by atoms with van der Waals surface area (Å²) in [6.45, 7) is 10.6. The lowest BCUT2D eigenvalue weighted by Gasteiger charge is -2.25. The van der Waals surface area contributed by atoms with Gasteiger partial charge in [0.15, 0.2) is 0 Å². The summed E-state index contributed by atoms with van der Waals surface area (Å²) >= 11 is 6.39. The van der Waals surface area contributed by atoms with Gasteiger partial charge in [-0.15, -0.1) is 0 Å². The normalized spacial score (nSPS) is 15.5. The molecule has 1 aromatic rings.